The molecule has 0 spiro atoms. The Labute approximate surface area is 197 Å². The van der Waals surface area contributed by atoms with Gasteiger partial charge in [-0.3, -0.25) is 14.4 Å². The zero-order valence-corrected chi connectivity index (χ0v) is 19.4. The van der Waals surface area contributed by atoms with E-state index >= 15 is 0 Å². The molecule has 1 aliphatic heterocycles. The van der Waals surface area contributed by atoms with Crippen molar-refractivity contribution in [2.75, 3.05) is 11.3 Å². The van der Waals surface area contributed by atoms with Crippen LogP contribution in [0.3, 0.4) is 0 Å². The van der Waals surface area contributed by atoms with Crippen LogP contribution in [-0.4, -0.2) is 30.5 Å². The molecule has 0 saturated heterocycles. The molecule has 0 saturated carbocycles. The van der Waals surface area contributed by atoms with E-state index in [0.29, 0.717) is 18.1 Å². The molecule has 7 nitrogen and oxygen atoms in total. The number of aromatic nitrogens is 3. The summed E-state index contributed by atoms with van der Waals surface area (Å²) in [5.41, 5.74) is 4.56. The molecule has 0 aliphatic carbocycles. The predicted octanol–water partition coefficient (Wildman–Crippen LogP) is 4.79. The summed E-state index contributed by atoms with van der Waals surface area (Å²) in [6.07, 6.45) is 9.50. The van der Waals surface area contributed by atoms with Gasteiger partial charge in [0.05, 0.1) is 22.4 Å². The number of fused-ring (bicyclic) bond motifs is 1. The lowest BCUT2D eigenvalue weighted by Crippen LogP contribution is -2.33. The highest BCUT2D eigenvalue weighted by atomic mass is 32.2. The van der Waals surface area contributed by atoms with Gasteiger partial charge in [0.2, 0.25) is 11.2 Å². The Morgan fingerprint density at radius 2 is 2.03 bits per heavy atom. The molecule has 2 aromatic heterocycles. The Hall–Kier alpha value is -3.37. The summed E-state index contributed by atoms with van der Waals surface area (Å²) in [6.45, 7) is 2.63. The topological polar surface area (TPSA) is 84.2 Å². The molecule has 1 aliphatic rings. The van der Waals surface area contributed by atoms with E-state index < -0.39 is 11.2 Å². The van der Waals surface area contributed by atoms with E-state index in [9.17, 15) is 8.60 Å². The third-order valence-corrected chi connectivity index (χ3v) is 6.90. The molecule has 10 heteroatoms. The molecule has 0 radical (unpaired) electrons. The van der Waals surface area contributed by atoms with E-state index in [1.807, 2.05) is 23.9 Å². The average molecular weight is 481 g/mol. The van der Waals surface area contributed by atoms with Crippen LogP contribution in [0.5, 0.6) is 0 Å². The number of imidazole rings is 1. The van der Waals surface area contributed by atoms with Gasteiger partial charge in [-0.15, -0.1) is 0 Å². The minimum Gasteiger partial charge on any atom is -0.305 e. The maximum absolute atomic E-state index is 13.1. The number of aliphatic imine (C=N–C) groups is 1. The second-order valence-corrected chi connectivity index (χ2v) is 9.40. The lowest BCUT2D eigenvalue weighted by atomic mass is 10.0. The Balaban J connectivity index is 1.41. The van der Waals surface area contributed by atoms with E-state index in [1.165, 1.54) is 35.8 Å². The minimum absolute atomic E-state index is 0.343. The molecule has 2 aromatic carbocycles. The van der Waals surface area contributed by atoms with E-state index in [1.54, 1.807) is 6.33 Å². The lowest BCUT2D eigenvalue weighted by molar-refractivity contribution is 0.628. The second-order valence-electron chi connectivity index (χ2n) is 7.65. The fourth-order valence-corrected chi connectivity index (χ4v) is 5.26. The highest BCUT2D eigenvalue weighted by molar-refractivity contribution is 7.85. The number of anilines is 1. The van der Waals surface area contributed by atoms with Gasteiger partial charge >= 0.3 is 0 Å². The van der Waals surface area contributed by atoms with Crippen molar-refractivity contribution in [1.82, 2.24) is 18.6 Å². The van der Waals surface area contributed by atoms with Gasteiger partial charge in [-0.2, -0.15) is 4.37 Å². The summed E-state index contributed by atoms with van der Waals surface area (Å²) in [5.74, 6) is 0.254. The van der Waals surface area contributed by atoms with E-state index in [0.717, 1.165) is 45.4 Å². The molecule has 168 valence electrons. The monoisotopic (exact) mass is 480 g/mol. The largest absolute Gasteiger partial charge is 0.305 e. The third-order valence-electron chi connectivity index (χ3n) is 5.28. The van der Waals surface area contributed by atoms with Crippen molar-refractivity contribution in [3.63, 3.8) is 0 Å². The third kappa shape index (κ3) is 4.71. The number of hydrogen-bond donors (Lipinski definition) is 2. The Morgan fingerprint density at radius 3 is 2.82 bits per heavy atom. The molecular formula is C23H21FN6OS2. The molecule has 2 N–H and O–H groups in total. The first-order valence-electron chi connectivity index (χ1n) is 10.4. The summed E-state index contributed by atoms with van der Waals surface area (Å²) in [4.78, 5) is 8.89. The molecule has 5 rings (SSSR count). The SMILES string of the molecule is Cc1cn(-c2ccc(C=C3CCCN=C3NS(=O)Nc3ccc(F)cc3)c3cnsc23)cn1. The number of nitrogens with one attached hydrogen (secondary N) is 2. The zero-order chi connectivity index (χ0) is 22.8. The van der Waals surface area contributed by atoms with Crippen LogP contribution in [0.25, 0.3) is 21.8 Å². The smallest absolute Gasteiger partial charge is 0.221 e. The van der Waals surface area contributed by atoms with Crippen LogP contribution < -0.4 is 9.44 Å². The number of hydrogen-bond acceptors (Lipinski definition) is 5. The summed E-state index contributed by atoms with van der Waals surface area (Å²) in [6, 6.07) is 9.84. The van der Waals surface area contributed by atoms with Gasteiger partial charge in [0.25, 0.3) is 0 Å². The predicted molar refractivity (Wildman–Crippen MR) is 132 cm³/mol. The van der Waals surface area contributed by atoms with Crippen LogP contribution >= 0.6 is 11.5 Å². The summed E-state index contributed by atoms with van der Waals surface area (Å²) < 4.78 is 39.0. The first kappa shape index (κ1) is 21.5. The fourth-order valence-electron chi connectivity index (χ4n) is 3.69. The van der Waals surface area contributed by atoms with Crippen molar-refractivity contribution in [1.29, 1.82) is 0 Å². The first-order valence-corrected chi connectivity index (χ1v) is 12.3. The van der Waals surface area contributed by atoms with Gasteiger partial charge in [0.15, 0.2) is 0 Å². The zero-order valence-electron chi connectivity index (χ0n) is 17.8. The van der Waals surface area contributed by atoms with Crippen molar-refractivity contribution in [2.24, 2.45) is 4.99 Å². The van der Waals surface area contributed by atoms with E-state index in [2.05, 4.69) is 42.0 Å². The van der Waals surface area contributed by atoms with Gasteiger partial charge in [-0.25, -0.2) is 13.6 Å². The quantitative estimate of drug-likeness (QED) is 0.431. The summed E-state index contributed by atoms with van der Waals surface area (Å²) in [7, 11) is 0. The van der Waals surface area contributed by atoms with Gasteiger partial charge < -0.3 is 4.57 Å². The van der Waals surface area contributed by atoms with Crippen LogP contribution in [-0.2, 0) is 11.2 Å². The van der Waals surface area contributed by atoms with Crippen molar-refractivity contribution in [2.45, 2.75) is 19.8 Å². The number of benzene rings is 2. The number of aryl methyl sites for hydroxylation is 1. The maximum Gasteiger partial charge on any atom is 0.221 e. The molecule has 0 amide bonds. The summed E-state index contributed by atoms with van der Waals surface area (Å²) in [5, 5.41) is 1.05. The van der Waals surface area contributed by atoms with E-state index in [4.69, 9.17) is 0 Å². The number of halogens is 1. The summed E-state index contributed by atoms with van der Waals surface area (Å²) >= 11 is -0.165. The molecule has 1 atom stereocenters. The van der Waals surface area contributed by atoms with Crippen LogP contribution in [0, 0.1) is 12.7 Å². The van der Waals surface area contributed by atoms with Crippen LogP contribution in [0.4, 0.5) is 10.1 Å². The second kappa shape index (κ2) is 9.24. The lowest BCUT2D eigenvalue weighted by Gasteiger charge is -2.18. The standard InChI is InChI=1S/C23H21FN6OS2/c1-15-13-30(14-26-15)21-9-4-16(20-12-27-32-22(20)21)11-17-3-2-10-25-23(17)29-33(31)28-19-7-5-18(24)6-8-19/h4-9,11-14,28H,2-3,10H2,1H3,(H,25,29). The van der Waals surface area contributed by atoms with Gasteiger partial charge in [-0.1, -0.05) is 6.07 Å². The van der Waals surface area contributed by atoms with Crippen LogP contribution in [0.15, 0.2) is 65.7 Å². The highest BCUT2D eigenvalue weighted by Gasteiger charge is 2.16. The molecule has 4 aromatic rings. The van der Waals surface area contributed by atoms with Crippen LogP contribution in [0.1, 0.15) is 24.1 Å². The van der Waals surface area contributed by atoms with Crippen LogP contribution in [0.2, 0.25) is 0 Å². The van der Waals surface area contributed by atoms with Crippen molar-refractivity contribution >= 4 is 50.4 Å². The van der Waals surface area contributed by atoms with Crippen molar-refractivity contribution < 1.29 is 8.60 Å². The van der Waals surface area contributed by atoms with E-state index in [-0.39, 0.29) is 5.82 Å². The molecule has 1 unspecified atom stereocenters. The first-order chi connectivity index (χ1) is 16.1. The molecule has 3 heterocycles. The number of nitrogens with zero attached hydrogens (tertiary/aromatic N) is 4. The number of amidine groups is 1. The van der Waals surface area contributed by atoms with Crippen molar-refractivity contribution in [3.8, 4) is 5.69 Å². The van der Waals surface area contributed by atoms with Gasteiger partial charge in [-0.05, 0) is 78.8 Å². The molecular weight excluding hydrogens is 459 g/mol. The van der Waals surface area contributed by atoms with Gasteiger partial charge in [0, 0.05) is 30.0 Å². The molecule has 0 fully saturated rings. The highest BCUT2D eigenvalue weighted by Crippen LogP contribution is 2.31. The average Bonchev–Trinajstić information content (AvgIpc) is 3.46. The Morgan fingerprint density at radius 1 is 1.18 bits per heavy atom. The maximum atomic E-state index is 13.1. The normalized spacial score (nSPS) is 16.1. The van der Waals surface area contributed by atoms with Crippen molar-refractivity contribution in [3.05, 3.63) is 77.8 Å². The Bertz CT molecular complexity index is 1390. The fraction of sp³-hybridized carbons (Fsp3) is 0.174. The Kier molecular flexibility index (Phi) is 6.01. The number of rotatable bonds is 5. The van der Waals surface area contributed by atoms with Gasteiger partial charge in [0.1, 0.15) is 11.7 Å². The minimum atomic E-state index is -1.61. The molecule has 0 bridgehead atoms. The molecule has 33 heavy (non-hydrogen) atoms.